The Morgan fingerprint density at radius 1 is 1.05 bits per heavy atom. The highest BCUT2D eigenvalue weighted by molar-refractivity contribution is 6.14. The first-order chi connectivity index (χ1) is 19.4. The van der Waals surface area contributed by atoms with Gasteiger partial charge in [-0.3, -0.25) is 9.59 Å². The molecular formula is C30H26N2O8. The quantitative estimate of drug-likeness (QED) is 0.256. The molecule has 0 aliphatic carbocycles. The maximum Gasteiger partial charge on any atom is 0.326 e. The van der Waals surface area contributed by atoms with E-state index in [-0.39, 0.29) is 29.5 Å². The molecule has 4 aromatic rings. The lowest BCUT2D eigenvalue weighted by Gasteiger charge is -2.15. The van der Waals surface area contributed by atoms with E-state index in [0.717, 1.165) is 16.5 Å². The number of aromatic amines is 1. The fourth-order valence-electron chi connectivity index (χ4n) is 4.44. The smallest absolute Gasteiger partial charge is 0.326 e. The van der Waals surface area contributed by atoms with Crippen LogP contribution < -0.4 is 24.3 Å². The number of H-pyrrole nitrogens is 1. The molecule has 10 heteroatoms. The monoisotopic (exact) mass is 542 g/mol. The van der Waals surface area contributed by atoms with Gasteiger partial charge in [-0.15, -0.1) is 0 Å². The van der Waals surface area contributed by atoms with Gasteiger partial charge >= 0.3 is 5.97 Å². The molecule has 1 aliphatic rings. The molecule has 10 nitrogen and oxygen atoms in total. The molecule has 1 atom stereocenters. The lowest BCUT2D eigenvalue weighted by molar-refractivity contribution is -0.142. The molecule has 0 bridgehead atoms. The number of fused-ring (bicyclic) bond motifs is 2. The third kappa shape index (κ3) is 5.46. The van der Waals surface area contributed by atoms with Crippen LogP contribution in [0, 0.1) is 0 Å². The Balaban J connectivity index is 1.23. The number of allylic oxidation sites excluding steroid dienone is 1. The molecule has 1 aliphatic heterocycles. The second-order valence-electron chi connectivity index (χ2n) is 9.02. The van der Waals surface area contributed by atoms with E-state index in [4.69, 9.17) is 18.9 Å². The number of aliphatic carboxylic acids is 1. The minimum Gasteiger partial charge on any atom is -0.497 e. The van der Waals surface area contributed by atoms with Crippen LogP contribution in [-0.4, -0.2) is 54.6 Å². The normalized spacial score (nSPS) is 13.9. The van der Waals surface area contributed by atoms with Crippen LogP contribution in [0.4, 0.5) is 0 Å². The van der Waals surface area contributed by atoms with Crippen molar-refractivity contribution in [1.82, 2.24) is 10.3 Å². The molecule has 2 heterocycles. The highest BCUT2D eigenvalue weighted by atomic mass is 16.5. The van der Waals surface area contributed by atoms with Crippen molar-refractivity contribution in [2.75, 3.05) is 20.8 Å². The number of hydrogen-bond acceptors (Lipinski definition) is 7. The van der Waals surface area contributed by atoms with E-state index in [9.17, 15) is 19.5 Å². The average Bonchev–Trinajstić information content (AvgIpc) is 3.51. The first-order valence-corrected chi connectivity index (χ1v) is 12.4. The Kier molecular flexibility index (Phi) is 7.41. The standard InChI is InChI=1S/C30H26N2O8/c1-37-19-8-7-17(25(13-19)38-2)12-27-29(34)22-10-9-20(14-26(22)40-27)39-16-28(33)32-24(30(35)36)11-18-15-31-23-6-4-3-5-21(18)23/h3-10,12-15,24,31H,11,16H2,1-2H3,(H,32,33)(H,35,36)/t24-/m0/s1. The summed E-state index contributed by atoms with van der Waals surface area (Å²) < 4.78 is 21.9. The number of carbonyl (C=O) groups is 3. The number of ketones is 1. The molecule has 3 aromatic carbocycles. The number of benzene rings is 3. The largest absolute Gasteiger partial charge is 0.497 e. The van der Waals surface area contributed by atoms with E-state index in [1.807, 2.05) is 24.3 Å². The van der Waals surface area contributed by atoms with Crippen LogP contribution in [0.1, 0.15) is 21.5 Å². The zero-order chi connectivity index (χ0) is 28.2. The third-order valence-electron chi connectivity index (χ3n) is 6.47. The summed E-state index contributed by atoms with van der Waals surface area (Å²) in [6.45, 7) is -0.420. The van der Waals surface area contributed by atoms with Crippen molar-refractivity contribution in [2.45, 2.75) is 12.5 Å². The number of carboxylic acids is 1. The maximum atomic E-state index is 12.9. The molecule has 3 N–H and O–H groups in total. The van der Waals surface area contributed by atoms with E-state index < -0.39 is 24.5 Å². The van der Waals surface area contributed by atoms with Crippen molar-refractivity contribution < 1.29 is 38.4 Å². The van der Waals surface area contributed by atoms with Gasteiger partial charge in [0.1, 0.15) is 29.0 Å². The van der Waals surface area contributed by atoms with Crippen LogP contribution in [0.2, 0.25) is 0 Å². The van der Waals surface area contributed by atoms with Crippen molar-refractivity contribution >= 4 is 34.6 Å². The van der Waals surface area contributed by atoms with Crippen molar-refractivity contribution in [1.29, 1.82) is 0 Å². The fourth-order valence-corrected chi connectivity index (χ4v) is 4.44. The third-order valence-corrected chi connectivity index (χ3v) is 6.47. The van der Waals surface area contributed by atoms with Gasteiger partial charge < -0.3 is 34.4 Å². The van der Waals surface area contributed by atoms with E-state index in [1.54, 1.807) is 49.7 Å². The molecule has 1 aromatic heterocycles. The van der Waals surface area contributed by atoms with Gasteiger partial charge in [-0.1, -0.05) is 18.2 Å². The molecular weight excluding hydrogens is 516 g/mol. The Labute approximate surface area is 229 Å². The second-order valence-corrected chi connectivity index (χ2v) is 9.02. The van der Waals surface area contributed by atoms with Crippen molar-refractivity contribution in [3.63, 3.8) is 0 Å². The highest BCUT2D eigenvalue weighted by Crippen LogP contribution is 2.36. The van der Waals surface area contributed by atoms with Crippen LogP contribution in [-0.2, 0) is 16.0 Å². The number of aromatic nitrogens is 1. The first-order valence-electron chi connectivity index (χ1n) is 12.4. The number of methoxy groups -OCH3 is 2. The zero-order valence-electron chi connectivity index (χ0n) is 21.7. The summed E-state index contributed by atoms with van der Waals surface area (Å²) >= 11 is 0. The Morgan fingerprint density at radius 3 is 2.62 bits per heavy atom. The average molecular weight is 543 g/mol. The van der Waals surface area contributed by atoms with Crippen molar-refractivity contribution in [3.05, 3.63) is 89.3 Å². The summed E-state index contributed by atoms with van der Waals surface area (Å²) in [4.78, 5) is 40.4. The molecule has 0 radical (unpaired) electrons. The van der Waals surface area contributed by atoms with E-state index >= 15 is 0 Å². The summed E-state index contributed by atoms with van der Waals surface area (Å²) in [7, 11) is 3.07. The molecule has 5 rings (SSSR count). The number of carbonyl (C=O) groups excluding carboxylic acids is 2. The topological polar surface area (TPSA) is 136 Å². The summed E-state index contributed by atoms with van der Waals surface area (Å²) in [5.74, 6) is -0.266. The van der Waals surface area contributed by atoms with Crippen molar-refractivity contribution in [2.24, 2.45) is 0 Å². The number of carboxylic acid groups (broad SMARTS) is 1. The van der Waals surface area contributed by atoms with Gasteiger partial charge in [0.25, 0.3) is 5.91 Å². The van der Waals surface area contributed by atoms with Gasteiger partial charge in [0.2, 0.25) is 5.78 Å². The van der Waals surface area contributed by atoms with E-state index in [0.29, 0.717) is 22.6 Å². The van der Waals surface area contributed by atoms with Gasteiger partial charge in [-0.2, -0.15) is 0 Å². The molecule has 0 saturated heterocycles. The summed E-state index contributed by atoms with van der Waals surface area (Å²) in [5.41, 5.74) is 2.64. The minimum atomic E-state index is -1.16. The van der Waals surface area contributed by atoms with Gasteiger partial charge in [-0.25, -0.2) is 4.79 Å². The minimum absolute atomic E-state index is 0.105. The molecule has 0 saturated carbocycles. The summed E-state index contributed by atoms with van der Waals surface area (Å²) in [6, 6.07) is 16.2. The number of Topliss-reactive ketones (excluding diaryl/α,β-unsaturated/α-hetero) is 1. The van der Waals surface area contributed by atoms with Gasteiger partial charge in [0, 0.05) is 41.2 Å². The maximum absolute atomic E-state index is 12.9. The Hall–Kier alpha value is -5.25. The first kappa shape index (κ1) is 26.4. The SMILES string of the molecule is COc1ccc(C=C2Oc3cc(OCC(=O)N[C@@H](Cc4c[nH]c5ccccc45)C(=O)O)ccc3C2=O)c(OC)c1. The lowest BCUT2D eigenvalue weighted by atomic mass is 10.1. The number of nitrogens with one attached hydrogen (secondary N) is 2. The van der Waals surface area contributed by atoms with Crippen LogP contribution >= 0.6 is 0 Å². The predicted molar refractivity (Wildman–Crippen MR) is 146 cm³/mol. The Morgan fingerprint density at radius 2 is 1.85 bits per heavy atom. The number of amides is 1. The van der Waals surface area contributed by atoms with E-state index in [2.05, 4.69) is 10.3 Å². The Bertz CT molecular complexity index is 1640. The number of para-hydroxylation sites is 1. The summed E-state index contributed by atoms with van der Waals surface area (Å²) in [6.07, 6.45) is 3.42. The second kappa shape index (κ2) is 11.2. The van der Waals surface area contributed by atoms with Gasteiger partial charge in [0.05, 0.1) is 19.8 Å². The van der Waals surface area contributed by atoms with Crippen LogP contribution in [0.3, 0.4) is 0 Å². The predicted octanol–water partition coefficient (Wildman–Crippen LogP) is 3.99. The van der Waals surface area contributed by atoms with Gasteiger partial charge in [0.15, 0.2) is 12.4 Å². The van der Waals surface area contributed by atoms with Crippen LogP contribution in [0.5, 0.6) is 23.0 Å². The molecule has 204 valence electrons. The lowest BCUT2D eigenvalue weighted by Crippen LogP contribution is -2.44. The molecule has 40 heavy (non-hydrogen) atoms. The fraction of sp³-hybridized carbons (Fsp3) is 0.167. The van der Waals surface area contributed by atoms with Crippen LogP contribution in [0.15, 0.2) is 72.6 Å². The molecule has 0 spiro atoms. The summed E-state index contributed by atoms with van der Waals surface area (Å²) in [5, 5.41) is 13.1. The number of ether oxygens (including phenoxy) is 4. The molecule has 0 unspecified atom stereocenters. The van der Waals surface area contributed by atoms with E-state index in [1.165, 1.54) is 13.2 Å². The molecule has 0 fully saturated rings. The molecule has 1 amide bonds. The zero-order valence-corrected chi connectivity index (χ0v) is 21.7. The number of hydrogen-bond donors (Lipinski definition) is 3. The van der Waals surface area contributed by atoms with Gasteiger partial charge in [-0.05, 0) is 42.0 Å². The van der Waals surface area contributed by atoms with Crippen molar-refractivity contribution in [3.8, 4) is 23.0 Å². The highest BCUT2D eigenvalue weighted by Gasteiger charge is 2.28. The number of rotatable bonds is 10. The van der Waals surface area contributed by atoms with Crippen LogP contribution in [0.25, 0.3) is 17.0 Å².